The van der Waals surface area contributed by atoms with Gasteiger partial charge >= 0.3 is 0 Å². The van der Waals surface area contributed by atoms with E-state index in [9.17, 15) is 4.79 Å². The molecule has 0 bridgehead atoms. The van der Waals surface area contributed by atoms with Crippen LogP contribution in [0.1, 0.15) is 22.8 Å². The summed E-state index contributed by atoms with van der Waals surface area (Å²) in [6.07, 6.45) is 0. The fourth-order valence-corrected chi connectivity index (χ4v) is 6.41. The highest BCUT2D eigenvalue weighted by Crippen LogP contribution is 2.57. The van der Waals surface area contributed by atoms with Gasteiger partial charge in [-0.2, -0.15) is 0 Å². The zero-order valence-electron chi connectivity index (χ0n) is 12.0. The number of ether oxygens (including phenoxy) is 1. The van der Waals surface area contributed by atoms with Crippen molar-refractivity contribution in [2.24, 2.45) is 0 Å². The SMILES string of the molecule is Cc1cc(=O)c2c(o1)SC[C@H]1c3cc(Cl)cc(Cl)c3OC[C@@]21Br. The number of halogens is 3. The second-order valence-corrected chi connectivity index (χ2v) is 8.96. The predicted molar refractivity (Wildman–Crippen MR) is 95.7 cm³/mol. The number of aryl methyl sites for hydroxylation is 1. The van der Waals surface area contributed by atoms with Crippen molar-refractivity contribution in [1.29, 1.82) is 0 Å². The molecule has 0 unspecified atom stereocenters. The molecular weight excluding hydrogens is 423 g/mol. The fourth-order valence-electron chi connectivity index (χ4n) is 3.20. The normalized spacial score (nSPS) is 25.1. The predicted octanol–water partition coefficient (Wildman–Crippen LogP) is 5.13. The van der Waals surface area contributed by atoms with Crippen molar-refractivity contribution in [1.82, 2.24) is 0 Å². The van der Waals surface area contributed by atoms with Gasteiger partial charge in [-0.05, 0) is 19.1 Å². The number of rotatable bonds is 0. The molecule has 3 nitrogen and oxygen atoms in total. The summed E-state index contributed by atoms with van der Waals surface area (Å²) >= 11 is 17.8. The van der Waals surface area contributed by atoms with Crippen LogP contribution in [-0.2, 0) is 4.32 Å². The second-order valence-electron chi connectivity index (χ2n) is 5.70. The van der Waals surface area contributed by atoms with Gasteiger partial charge in [0.2, 0.25) is 0 Å². The summed E-state index contributed by atoms with van der Waals surface area (Å²) in [7, 11) is 0. The average Bonchev–Trinajstić information content (AvgIpc) is 2.44. The summed E-state index contributed by atoms with van der Waals surface area (Å²) < 4.78 is 11.0. The Morgan fingerprint density at radius 3 is 2.91 bits per heavy atom. The Kier molecular flexibility index (Phi) is 3.76. The van der Waals surface area contributed by atoms with Gasteiger partial charge in [0.05, 0.1) is 10.6 Å². The van der Waals surface area contributed by atoms with Gasteiger partial charge in [-0.25, -0.2) is 0 Å². The van der Waals surface area contributed by atoms with Gasteiger partial charge in [0, 0.05) is 28.3 Å². The van der Waals surface area contributed by atoms with E-state index in [-0.39, 0.29) is 11.3 Å². The van der Waals surface area contributed by atoms with Gasteiger partial charge < -0.3 is 9.15 Å². The summed E-state index contributed by atoms with van der Waals surface area (Å²) in [4.78, 5) is 12.6. The molecule has 0 spiro atoms. The zero-order valence-corrected chi connectivity index (χ0v) is 15.9. The van der Waals surface area contributed by atoms with Crippen molar-refractivity contribution in [3.05, 3.63) is 55.4 Å². The minimum atomic E-state index is -0.636. The molecule has 2 aromatic rings. The summed E-state index contributed by atoms with van der Waals surface area (Å²) in [6, 6.07) is 5.06. The van der Waals surface area contributed by atoms with Crippen LogP contribution < -0.4 is 10.2 Å². The standard InChI is InChI=1S/C16H11BrCl2O3S/c1-7-2-12(20)13-15(22-7)23-5-10-9-3-8(18)4-11(19)14(9)21-6-16(10,13)17/h2-4,10H,5-6H2,1H3/t10-,16-/m0/s1. The molecule has 1 aromatic heterocycles. The van der Waals surface area contributed by atoms with Crippen molar-refractivity contribution >= 4 is 50.9 Å². The molecule has 0 radical (unpaired) electrons. The summed E-state index contributed by atoms with van der Waals surface area (Å²) in [5.74, 6) is 2.03. The van der Waals surface area contributed by atoms with Crippen LogP contribution in [0.4, 0.5) is 0 Å². The van der Waals surface area contributed by atoms with E-state index in [0.29, 0.717) is 38.8 Å². The lowest BCUT2D eigenvalue weighted by Crippen LogP contribution is -2.44. The lowest BCUT2D eigenvalue weighted by molar-refractivity contribution is 0.218. The topological polar surface area (TPSA) is 39.4 Å². The van der Waals surface area contributed by atoms with Crippen LogP contribution in [0.15, 0.2) is 32.5 Å². The Hall–Kier alpha value is -0.620. The first-order chi connectivity index (χ1) is 10.9. The van der Waals surface area contributed by atoms with Crippen molar-refractivity contribution in [2.45, 2.75) is 22.3 Å². The maximum atomic E-state index is 12.6. The van der Waals surface area contributed by atoms with Gasteiger partial charge in [0.1, 0.15) is 22.4 Å². The van der Waals surface area contributed by atoms with Crippen LogP contribution >= 0.6 is 50.9 Å². The highest BCUT2D eigenvalue weighted by molar-refractivity contribution is 9.09. The van der Waals surface area contributed by atoms with E-state index in [0.717, 1.165) is 11.3 Å². The minimum Gasteiger partial charge on any atom is -0.490 e. The molecule has 2 aliphatic heterocycles. The van der Waals surface area contributed by atoms with Crippen molar-refractivity contribution in [3.63, 3.8) is 0 Å². The van der Waals surface area contributed by atoms with E-state index < -0.39 is 4.32 Å². The first kappa shape index (κ1) is 15.9. The molecule has 23 heavy (non-hydrogen) atoms. The number of hydrogen-bond donors (Lipinski definition) is 0. The summed E-state index contributed by atoms with van der Waals surface area (Å²) in [5.41, 5.74) is 1.49. The number of benzene rings is 1. The molecule has 0 saturated heterocycles. The largest absolute Gasteiger partial charge is 0.490 e. The highest BCUT2D eigenvalue weighted by atomic mass is 79.9. The third-order valence-corrected chi connectivity index (χ3v) is 6.95. The third kappa shape index (κ3) is 2.36. The maximum Gasteiger partial charge on any atom is 0.191 e. The Morgan fingerprint density at radius 1 is 1.35 bits per heavy atom. The van der Waals surface area contributed by atoms with Crippen LogP contribution in [0.5, 0.6) is 5.75 Å². The van der Waals surface area contributed by atoms with E-state index in [1.54, 1.807) is 13.0 Å². The van der Waals surface area contributed by atoms with Gasteiger partial charge in [-0.15, -0.1) is 0 Å². The molecule has 0 N–H and O–H groups in total. The lowest BCUT2D eigenvalue weighted by Gasteiger charge is -2.43. The molecule has 2 atom stereocenters. The maximum absolute atomic E-state index is 12.6. The fraction of sp³-hybridized carbons (Fsp3) is 0.312. The molecule has 120 valence electrons. The van der Waals surface area contributed by atoms with Crippen LogP contribution in [0.2, 0.25) is 10.0 Å². The Labute approximate surface area is 155 Å². The molecule has 0 amide bonds. The van der Waals surface area contributed by atoms with Crippen LogP contribution in [-0.4, -0.2) is 12.4 Å². The molecular formula is C16H11BrCl2O3S. The molecule has 1 aromatic carbocycles. The van der Waals surface area contributed by atoms with E-state index in [4.69, 9.17) is 32.4 Å². The van der Waals surface area contributed by atoms with Crippen LogP contribution in [0, 0.1) is 6.92 Å². The lowest BCUT2D eigenvalue weighted by atomic mass is 9.81. The average molecular weight is 434 g/mol. The number of thioether (sulfide) groups is 1. The van der Waals surface area contributed by atoms with Crippen LogP contribution in [0.3, 0.4) is 0 Å². The van der Waals surface area contributed by atoms with E-state index in [1.165, 1.54) is 17.8 Å². The van der Waals surface area contributed by atoms with Crippen molar-refractivity contribution in [2.75, 3.05) is 12.4 Å². The highest BCUT2D eigenvalue weighted by Gasteiger charge is 2.51. The monoisotopic (exact) mass is 432 g/mol. The quantitative estimate of drug-likeness (QED) is 0.540. The molecule has 4 rings (SSSR count). The molecule has 0 aliphatic carbocycles. The number of hydrogen-bond acceptors (Lipinski definition) is 4. The van der Waals surface area contributed by atoms with Gasteiger partial charge in [0.15, 0.2) is 10.5 Å². The van der Waals surface area contributed by atoms with Crippen molar-refractivity contribution in [3.8, 4) is 5.75 Å². The van der Waals surface area contributed by atoms with Gasteiger partial charge in [-0.1, -0.05) is 50.9 Å². The van der Waals surface area contributed by atoms with Crippen LogP contribution in [0.25, 0.3) is 0 Å². The van der Waals surface area contributed by atoms with E-state index in [1.807, 2.05) is 6.07 Å². The Morgan fingerprint density at radius 2 is 2.13 bits per heavy atom. The summed E-state index contributed by atoms with van der Waals surface area (Å²) in [5, 5.41) is 1.71. The summed E-state index contributed by atoms with van der Waals surface area (Å²) in [6.45, 7) is 2.09. The molecule has 2 aliphatic rings. The second kappa shape index (κ2) is 5.45. The minimum absolute atomic E-state index is 0.0190. The Bertz CT molecular complexity index is 882. The third-order valence-electron chi connectivity index (χ3n) is 4.23. The first-order valence-electron chi connectivity index (χ1n) is 6.99. The van der Waals surface area contributed by atoms with Gasteiger partial charge in [0.25, 0.3) is 0 Å². The molecule has 3 heterocycles. The zero-order chi connectivity index (χ0) is 16.4. The van der Waals surface area contributed by atoms with E-state index in [2.05, 4.69) is 15.9 Å². The molecule has 0 fully saturated rings. The molecule has 0 saturated carbocycles. The number of fused-ring (bicyclic) bond motifs is 5. The Balaban J connectivity index is 1.95. The van der Waals surface area contributed by atoms with Crippen molar-refractivity contribution < 1.29 is 9.15 Å². The smallest absolute Gasteiger partial charge is 0.191 e. The van der Waals surface area contributed by atoms with E-state index >= 15 is 0 Å². The van der Waals surface area contributed by atoms with Gasteiger partial charge in [-0.3, -0.25) is 4.79 Å². The molecule has 7 heteroatoms. The number of alkyl halides is 1. The first-order valence-corrected chi connectivity index (χ1v) is 9.52.